The number of nitrogens with zero attached hydrogens (tertiary/aromatic N) is 2. The molecule has 0 bridgehead atoms. The first-order chi connectivity index (χ1) is 14.1. The zero-order chi connectivity index (χ0) is 20.9. The molecular formula is C22H21FN2O4. The minimum absolute atomic E-state index is 0.242. The van der Waals surface area contributed by atoms with Crippen LogP contribution in [0.3, 0.4) is 0 Å². The molecule has 2 aromatic rings. The standard InChI is InChI=1S/C22H21FN2O4/c1-2-21(26)28-13-3-4-14-29-22(27)19-9-5-17(6-10-19)15-24-25-16-18-7-11-20(23)12-8-18/h2,5-12,15-16H,1,3-4,13-14H2. The number of ether oxygens (including phenoxy) is 2. The van der Waals surface area contributed by atoms with Crippen LogP contribution in [0.5, 0.6) is 0 Å². The summed E-state index contributed by atoms with van der Waals surface area (Å²) in [6.07, 6.45) is 5.35. The molecule has 7 heteroatoms. The van der Waals surface area contributed by atoms with Gasteiger partial charge in [-0.05, 0) is 48.2 Å². The van der Waals surface area contributed by atoms with Crippen LogP contribution >= 0.6 is 0 Å². The number of carbonyl (C=O) groups is 2. The average Bonchev–Trinajstić information content (AvgIpc) is 2.75. The molecule has 0 radical (unpaired) electrons. The van der Waals surface area contributed by atoms with Crippen LogP contribution in [0.15, 0.2) is 71.4 Å². The number of esters is 2. The topological polar surface area (TPSA) is 77.3 Å². The van der Waals surface area contributed by atoms with Crippen LogP contribution in [-0.4, -0.2) is 37.6 Å². The van der Waals surface area contributed by atoms with Gasteiger partial charge in [-0.2, -0.15) is 10.2 Å². The van der Waals surface area contributed by atoms with Crippen molar-refractivity contribution in [1.29, 1.82) is 0 Å². The van der Waals surface area contributed by atoms with Crippen LogP contribution < -0.4 is 0 Å². The van der Waals surface area contributed by atoms with E-state index in [1.807, 2.05) is 0 Å². The smallest absolute Gasteiger partial charge is 0.338 e. The van der Waals surface area contributed by atoms with Gasteiger partial charge in [0, 0.05) is 6.08 Å². The predicted molar refractivity (Wildman–Crippen MR) is 109 cm³/mol. The number of unbranched alkanes of at least 4 members (excludes halogenated alkanes) is 1. The van der Waals surface area contributed by atoms with Gasteiger partial charge in [0.15, 0.2) is 0 Å². The molecular weight excluding hydrogens is 375 g/mol. The summed E-state index contributed by atoms with van der Waals surface area (Å²) in [4.78, 5) is 22.8. The third-order valence-electron chi connectivity index (χ3n) is 3.68. The Balaban J connectivity index is 1.72. The Morgan fingerprint density at radius 3 is 1.93 bits per heavy atom. The number of hydrogen-bond acceptors (Lipinski definition) is 6. The van der Waals surface area contributed by atoms with Crippen molar-refractivity contribution in [2.45, 2.75) is 12.8 Å². The normalized spacial score (nSPS) is 10.9. The molecule has 0 aromatic heterocycles. The first-order valence-electron chi connectivity index (χ1n) is 8.97. The molecule has 6 nitrogen and oxygen atoms in total. The molecule has 0 N–H and O–H groups in total. The Morgan fingerprint density at radius 2 is 1.38 bits per heavy atom. The van der Waals surface area contributed by atoms with Crippen LogP contribution in [0.25, 0.3) is 0 Å². The van der Waals surface area contributed by atoms with Crippen LogP contribution in [0.1, 0.15) is 34.3 Å². The van der Waals surface area contributed by atoms with E-state index >= 15 is 0 Å². The van der Waals surface area contributed by atoms with Gasteiger partial charge in [0.1, 0.15) is 5.82 Å². The Morgan fingerprint density at radius 1 is 0.862 bits per heavy atom. The second kappa shape index (κ2) is 12.0. The third kappa shape index (κ3) is 8.30. The summed E-state index contributed by atoms with van der Waals surface area (Å²) in [5.74, 6) is -1.20. The van der Waals surface area contributed by atoms with Gasteiger partial charge >= 0.3 is 11.9 Å². The van der Waals surface area contributed by atoms with E-state index in [1.54, 1.807) is 42.6 Å². The highest BCUT2D eigenvalue weighted by atomic mass is 19.1. The molecule has 29 heavy (non-hydrogen) atoms. The molecule has 2 rings (SSSR count). The number of benzene rings is 2. The van der Waals surface area contributed by atoms with Crippen molar-refractivity contribution in [3.63, 3.8) is 0 Å². The van der Waals surface area contributed by atoms with Gasteiger partial charge in [-0.15, -0.1) is 0 Å². The van der Waals surface area contributed by atoms with Gasteiger partial charge in [0.2, 0.25) is 0 Å². The average molecular weight is 396 g/mol. The van der Waals surface area contributed by atoms with Gasteiger partial charge in [0.05, 0.1) is 31.2 Å². The highest BCUT2D eigenvalue weighted by Gasteiger charge is 2.06. The summed E-state index contributed by atoms with van der Waals surface area (Å²) in [6, 6.07) is 12.6. The monoisotopic (exact) mass is 396 g/mol. The molecule has 2 aromatic carbocycles. The summed E-state index contributed by atoms with van der Waals surface area (Å²) in [7, 11) is 0. The lowest BCUT2D eigenvalue weighted by Crippen LogP contribution is -2.08. The Labute approximate surface area is 168 Å². The third-order valence-corrected chi connectivity index (χ3v) is 3.68. The highest BCUT2D eigenvalue weighted by molar-refractivity contribution is 5.91. The van der Waals surface area contributed by atoms with E-state index in [1.165, 1.54) is 18.3 Å². The maximum atomic E-state index is 12.8. The molecule has 0 saturated heterocycles. The minimum Gasteiger partial charge on any atom is -0.463 e. The quantitative estimate of drug-likeness (QED) is 0.200. The van der Waals surface area contributed by atoms with Crippen LogP contribution in [0, 0.1) is 5.82 Å². The summed E-state index contributed by atoms with van der Waals surface area (Å²) >= 11 is 0. The van der Waals surface area contributed by atoms with Crippen molar-refractivity contribution in [2.24, 2.45) is 10.2 Å². The summed E-state index contributed by atoms with van der Waals surface area (Å²) in [5.41, 5.74) is 1.93. The van der Waals surface area contributed by atoms with Crippen molar-refractivity contribution in [1.82, 2.24) is 0 Å². The first kappa shape index (κ1) is 21.7. The van der Waals surface area contributed by atoms with Crippen LogP contribution in [0.4, 0.5) is 4.39 Å². The molecule has 0 fully saturated rings. The fourth-order valence-electron chi connectivity index (χ4n) is 2.14. The van der Waals surface area contributed by atoms with Crippen molar-refractivity contribution in [3.8, 4) is 0 Å². The fraction of sp³-hybridized carbons (Fsp3) is 0.182. The number of halogens is 1. The van der Waals surface area contributed by atoms with Crippen LogP contribution in [-0.2, 0) is 14.3 Å². The predicted octanol–water partition coefficient (Wildman–Crippen LogP) is 3.94. The van der Waals surface area contributed by atoms with E-state index in [0.29, 0.717) is 18.4 Å². The molecule has 0 heterocycles. The summed E-state index contributed by atoms with van der Waals surface area (Å²) in [6.45, 7) is 3.81. The molecule has 150 valence electrons. The zero-order valence-electron chi connectivity index (χ0n) is 15.8. The van der Waals surface area contributed by atoms with E-state index in [0.717, 1.165) is 17.2 Å². The van der Waals surface area contributed by atoms with Crippen molar-refractivity contribution in [3.05, 3.63) is 83.7 Å². The second-order valence-electron chi connectivity index (χ2n) is 5.88. The Kier molecular flexibility index (Phi) is 8.95. The molecule has 0 aliphatic rings. The zero-order valence-corrected chi connectivity index (χ0v) is 15.8. The lowest BCUT2D eigenvalue weighted by atomic mass is 10.1. The fourth-order valence-corrected chi connectivity index (χ4v) is 2.14. The SMILES string of the molecule is C=CC(=O)OCCCCOC(=O)c1ccc(C=NN=Cc2ccc(F)cc2)cc1. The number of carbonyl (C=O) groups excluding carboxylic acids is 2. The van der Waals surface area contributed by atoms with Gasteiger partial charge < -0.3 is 9.47 Å². The van der Waals surface area contributed by atoms with Gasteiger partial charge in [-0.25, -0.2) is 14.0 Å². The molecule has 0 saturated carbocycles. The van der Waals surface area contributed by atoms with E-state index in [9.17, 15) is 14.0 Å². The van der Waals surface area contributed by atoms with E-state index in [4.69, 9.17) is 9.47 Å². The van der Waals surface area contributed by atoms with E-state index < -0.39 is 11.9 Å². The van der Waals surface area contributed by atoms with E-state index in [2.05, 4.69) is 16.8 Å². The number of rotatable bonds is 10. The van der Waals surface area contributed by atoms with Crippen molar-refractivity contribution in [2.75, 3.05) is 13.2 Å². The van der Waals surface area contributed by atoms with Crippen LogP contribution in [0.2, 0.25) is 0 Å². The van der Waals surface area contributed by atoms with Gasteiger partial charge in [0.25, 0.3) is 0 Å². The molecule has 0 aliphatic heterocycles. The molecule has 0 unspecified atom stereocenters. The lowest BCUT2D eigenvalue weighted by molar-refractivity contribution is -0.137. The minimum atomic E-state index is -0.466. The van der Waals surface area contributed by atoms with Crippen molar-refractivity contribution < 1.29 is 23.5 Å². The maximum Gasteiger partial charge on any atom is 0.338 e. The molecule has 0 amide bonds. The van der Waals surface area contributed by atoms with Gasteiger partial charge in [-0.1, -0.05) is 30.8 Å². The second-order valence-corrected chi connectivity index (χ2v) is 5.88. The number of hydrogen-bond donors (Lipinski definition) is 0. The Hall–Kier alpha value is -3.61. The summed E-state index contributed by atoms with van der Waals surface area (Å²) in [5, 5.41) is 7.82. The largest absolute Gasteiger partial charge is 0.463 e. The molecule has 0 atom stereocenters. The summed E-state index contributed by atoms with van der Waals surface area (Å²) < 4.78 is 22.8. The highest BCUT2D eigenvalue weighted by Crippen LogP contribution is 2.06. The maximum absolute atomic E-state index is 12.8. The Bertz CT molecular complexity index is 875. The first-order valence-corrected chi connectivity index (χ1v) is 8.97. The molecule has 0 aliphatic carbocycles. The van der Waals surface area contributed by atoms with Gasteiger partial charge in [-0.3, -0.25) is 0 Å². The van der Waals surface area contributed by atoms with Crippen molar-refractivity contribution >= 4 is 24.4 Å². The lowest BCUT2D eigenvalue weighted by Gasteiger charge is -2.05. The van der Waals surface area contributed by atoms with E-state index in [-0.39, 0.29) is 19.0 Å². The molecule has 0 spiro atoms.